The van der Waals surface area contributed by atoms with E-state index in [4.69, 9.17) is 11.6 Å². The molecule has 0 bridgehead atoms. The van der Waals surface area contributed by atoms with E-state index < -0.39 is 15.1 Å². The van der Waals surface area contributed by atoms with Gasteiger partial charge in [-0.3, -0.25) is 0 Å². The number of hydrogen-bond acceptors (Lipinski definition) is 3. The molecule has 0 spiro atoms. The van der Waals surface area contributed by atoms with Gasteiger partial charge in [0, 0.05) is 24.7 Å². The molecule has 5 nitrogen and oxygen atoms in total. The number of carbonyl (C=O) groups is 1. The molecule has 0 aromatic heterocycles. The molecule has 0 radical (unpaired) electrons. The Labute approximate surface area is 123 Å². The van der Waals surface area contributed by atoms with Crippen LogP contribution in [0.5, 0.6) is 0 Å². The number of hydrogen-bond donors (Lipinski definition) is 1. The number of halogens is 1. The van der Waals surface area contributed by atoms with Crippen molar-refractivity contribution in [1.29, 1.82) is 0 Å². The third-order valence-electron chi connectivity index (χ3n) is 3.24. The van der Waals surface area contributed by atoms with Crippen molar-refractivity contribution >= 4 is 27.5 Å². The minimum Gasteiger partial charge on any atom is -0.338 e. The lowest BCUT2D eigenvalue weighted by Gasteiger charge is -2.38. The summed E-state index contributed by atoms with van der Waals surface area (Å²) in [4.78, 5) is 13.4. The molecular formula is C13H17ClN2O3S. The molecule has 7 heteroatoms. The maximum absolute atomic E-state index is 12.3. The van der Waals surface area contributed by atoms with E-state index in [9.17, 15) is 13.2 Å². The van der Waals surface area contributed by atoms with E-state index in [0.29, 0.717) is 11.6 Å². The first-order chi connectivity index (χ1) is 9.45. The molecule has 0 unspecified atom stereocenters. The summed E-state index contributed by atoms with van der Waals surface area (Å²) in [5.74, 6) is 0. The largest absolute Gasteiger partial charge is 0.338 e. The molecule has 2 rings (SSSR count). The van der Waals surface area contributed by atoms with Gasteiger partial charge in [-0.05, 0) is 30.7 Å². The molecular weight excluding hydrogens is 300 g/mol. The minimum absolute atomic E-state index is 0.200. The summed E-state index contributed by atoms with van der Waals surface area (Å²) in [7, 11) is -3.39. The fraction of sp³-hybridized carbons (Fsp3) is 0.462. The number of urea groups is 1. The van der Waals surface area contributed by atoms with E-state index in [2.05, 4.69) is 5.32 Å². The van der Waals surface area contributed by atoms with Crippen molar-refractivity contribution in [2.45, 2.75) is 23.5 Å². The standard InChI is InChI=1S/C13H17ClN2O3S/c1-2-7-15-13(17)16-8-12(9-16)20(18,19)11-5-3-10(14)4-6-11/h3-6,12H,2,7-9H2,1H3,(H,15,17). The summed E-state index contributed by atoms with van der Waals surface area (Å²) in [6, 6.07) is 5.90. The Morgan fingerprint density at radius 1 is 1.35 bits per heavy atom. The van der Waals surface area contributed by atoms with Crippen LogP contribution in [0.1, 0.15) is 13.3 Å². The lowest BCUT2D eigenvalue weighted by atomic mass is 10.2. The summed E-state index contributed by atoms with van der Waals surface area (Å²) in [5, 5.41) is 2.70. The van der Waals surface area contributed by atoms with Gasteiger partial charge in [0.05, 0.1) is 4.90 Å². The van der Waals surface area contributed by atoms with Crippen molar-refractivity contribution in [2.24, 2.45) is 0 Å². The number of amides is 2. The van der Waals surface area contributed by atoms with Gasteiger partial charge in [0.15, 0.2) is 9.84 Å². The van der Waals surface area contributed by atoms with Gasteiger partial charge >= 0.3 is 6.03 Å². The zero-order valence-corrected chi connectivity index (χ0v) is 12.7. The summed E-state index contributed by atoms with van der Waals surface area (Å²) < 4.78 is 24.6. The van der Waals surface area contributed by atoms with Gasteiger partial charge in [-0.15, -0.1) is 0 Å². The van der Waals surface area contributed by atoms with Gasteiger partial charge < -0.3 is 10.2 Å². The van der Waals surface area contributed by atoms with Gasteiger partial charge in [-0.1, -0.05) is 18.5 Å². The van der Waals surface area contributed by atoms with Crippen LogP contribution < -0.4 is 5.32 Å². The lowest BCUT2D eigenvalue weighted by Crippen LogP contribution is -2.59. The van der Waals surface area contributed by atoms with Crippen molar-refractivity contribution in [3.05, 3.63) is 29.3 Å². The zero-order chi connectivity index (χ0) is 14.8. The summed E-state index contributed by atoms with van der Waals surface area (Å²) >= 11 is 5.75. The predicted molar refractivity (Wildman–Crippen MR) is 77.7 cm³/mol. The first kappa shape index (κ1) is 15.1. The number of rotatable bonds is 4. The average molecular weight is 317 g/mol. The Kier molecular flexibility index (Phi) is 4.55. The normalized spacial score (nSPS) is 15.8. The number of likely N-dealkylation sites (tertiary alicyclic amines) is 1. The van der Waals surface area contributed by atoms with E-state index in [0.717, 1.165) is 6.42 Å². The summed E-state index contributed by atoms with van der Waals surface area (Å²) in [5.41, 5.74) is 0. The topological polar surface area (TPSA) is 66.5 Å². The van der Waals surface area contributed by atoms with Crippen LogP contribution in [-0.4, -0.2) is 44.2 Å². The number of nitrogens with one attached hydrogen (secondary N) is 1. The molecule has 1 aromatic carbocycles. The number of carbonyl (C=O) groups excluding carboxylic acids is 1. The molecule has 1 N–H and O–H groups in total. The van der Waals surface area contributed by atoms with E-state index >= 15 is 0 Å². The Morgan fingerprint density at radius 2 is 1.95 bits per heavy atom. The molecule has 1 saturated heterocycles. The molecule has 20 heavy (non-hydrogen) atoms. The molecule has 0 aliphatic carbocycles. The fourth-order valence-electron chi connectivity index (χ4n) is 1.96. The van der Waals surface area contributed by atoms with Crippen LogP contribution in [0, 0.1) is 0 Å². The SMILES string of the molecule is CCCNC(=O)N1CC(S(=O)(=O)c2ccc(Cl)cc2)C1. The predicted octanol–water partition coefficient (Wildman–Crippen LogP) is 1.92. The van der Waals surface area contributed by atoms with Gasteiger partial charge in [0.1, 0.15) is 5.25 Å². The second kappa shape index (κ2) is 6.01. The highest BCUT2D eigenvalue weighted by Crippen LogP contribution is 2.24. The lowest BCUT2D eigenvalue weighted by molar-refractivity contribution is 0.169. The average Bonchev–Trinajstić information content (AvgIpc) is 2.34. The maximum Gasteiger partial charge on any atom is 0.317 e. The first-order valence-corrected chi connectivity index (χ1v) is 8.40. The highest BCUT2D eigenvalue weighted by Gasteiger charge is 2.40. The van der Waals surface area contributed by atoms with Crippen LogP contribution in [-0.2, 0) is 9.84 Å². The Hall–Kier alpha value is -1.27. The van der Waals surface area contributed by atoms with Crippen molar-refractivity contribution in [3.8, 4) is 0 Å². The molecule has 0 saturated carbocycles. The maximum atomic E-state index is 12.3. The van der Waals surface area contributed by atoms with E-state index in [1.54, 1.807) is 12.1 Å². The van der Waals surface area contributed by atoms with Crippen molar-refractivity contribution in [1.82, 2.24) is 10.2 Å². The minimum atomic E-state index is -3.39. The van der Waals surface area contributed by atoms with E-state index in [1.807, 2.05) is 6.92 Å². The molecule has 1 heterocycles. The van der Waals surface area contributed by atoms with Gasteiger partial charge in [0.2, 0.25) is 0 Å². The van der Waals surface area contributed by atoms with Crippen LogP contribution in [0.2, 0.25) is 5.02 Å². The third-order valence-corrected chi connectivity index (χ3v) is 5.60. The van der Waals surface area contributed by atoms with Crippen LogP contribution >= 0.6 is 11.6 Å². The number of sulfone groups is 1. The third kappa shape index (κ3) is 3.07. The van der Waals surface area contributed by atoms with E-state index in [-0.39, 0.29) is 24.0 Å². The van der Waals surface area contributed by atoms with Crippen molar-refractivity contribution < 1.29 is 13.2 Å². The first-order valence-electron chi connectivity index (χ1n) is 6.47. The van der Waals surface area contributed by atoms with Crippen LogP contribution in [0.3, 0.4) is 0 Å². The van der Waals surface area contributed by atoms with Crippen LogP contribution in [0.25, 0.3) is 0 Å². The van der Waals surface area contributed by atoms with Crippen LogP contribution in [0.15, 0.2) is 29.2 Å². The highest BCUT2D eigenvalue weighted by molar-refractivity contribution is 7.92. The Bertz CT molecular complexity index is 580. The number of benzene rings is 1. The highest BCUT2D eigenvalue weighted by atomic mass is 35.5. The zero-order valence-electron chi connectivity index (χ0n) is 11.2. The fourth-order valence-corrected chi connectivity index (χ4v) is 3.74. The molecule has 1 aliphatic heterocycles. The van der Waals surface area contributed by atoms with Gasteiger partial charge in [0.25, 0.3) is 0 Å². The summed E-state index contributed by atoms with van der Waals surface area (Å²) in [6.45, 7) is 3.04. The van der Waals surface area contributed by atoms with Crippen molar-refractivity contribution in [2.75, 3.05) is 19.6 Å². The molecule has 110 valence electrons. The van der Waals surface area contributed by atoms with Crippen LogP contribution in [0.4, 0.5) is 4.79 Å². The molecule has 1 fully saturated rings. The Balaban J connectivity index is 1.97. The molecule has 0 atom stereocenters. The van der Waals surface area contributed by atoms with Gasteiger partial charge in [-0.2, -0.15) is 0 Å². The smallest absolute Gasteiger partial charge is 0.317 e. The second-order valence-electron chi connectivity index (χ2n) is 4.76. The molecule has 2 amide bonds. The van der Waals surface area contributed by atoms with Crippen molar-refractivity contribution in [3.63, 3.8) is 0 Å². The quantitative estimate of drug-likeness (QED) is 0.923. The molecule has 1 aromatic rings. The summed E-state index contributed by atoms with van der Waals surface area (Å²) in [6.07, 6.45) is 0.853. The monoisotopic (exact) mass is 316 g/mol. The molecule has 1 aliphatic rings. The second-order valence-corrected chi connectivity index (χ2v) is 7.42. The van der Waals surface area contributed by atoms with E-state index in [1.165, 1.54) is 17.0 Å². The van der Waals surface area contributed by atoms with Gasteiger partial charge in [-0.25, -0.2) is 13.2 Å². The number of nitrogens with zero attached hydrogens (tertiary/aromatic N) is 1. The Morgan fingerprint density at radius 3 is 2.50 bits per heavy atom.